The molecule has 1 N–H and O–H groups in total. The molecule has 3 heteroatoms. The van der Waals surface area contributed by atoms with Gasteiger partial charge in [0.2, 0.25) is 0 Å². The Labute approximate surface area is 109 Å². The molecule has 1 fully saturated rings. The molecule has 1 aliphatic carbocycles. The molecule has 1 heterocycles. The van der Waals surface area contributed by atoms with Gasteiger partial charge in [-0.15, -0.1) is 11.3 Å². The molecule has 17 heavy (non-hydrogen) atoms. The van der Waals surface area contributed by atoms with Crippen molar-refractivity contribution in [3.05, 3.63) is 16.6 Å². The molecule has 0 bridgehead atoms. The maximum atomic E-state index is 4.45. The van der Waals surface area contributed by atoms with E-state index in [4.69, 9.17) is 0 Å². The number of nitrogens with one attached hydrogen (secondary N) is 1. The van der Waals surface area contributed by atoms with E-state index in [2.05, 4.69) is 22.6 Å². The monoisotopic (exact) mass is 252 g/mol. The van der Waals surface area contributed by atoms with Gasteiger partial charge < -0.3 is 5.32 Å². The Kier molecular flexibility index (Phi) is 5.46. The average Bonchev–Trinajstić information content (AvgIpc) is 3.01. The number of hydrogen-bond acceptors (Lipinski definition) is 3. The Morgan fingerprint density at radius 3 is 2.94 bits per heavy atom. The fourth-order valence-corrected chi connectivity index (χ4v) is 3.59. The van der Waals surface area contributed by atoms with Crippen LogP contribution in [-0.4, -0.2) is 18.1 Å². The second kappa shape index (κ2) is 7.12. The van der Waals surface area contributed by atoms with Crippen molar-refractivity contribution >= 4 is 11.3 Å². The summed E-state index contributed by atoms with van der Waals surface area (Å²) in [7, 11) is 0. The Hall–Kier alpha value is -0.410. The van der Waals surface area contributed by atoms with Crippen molar-refractivity contribution in [3.63, 3.8) is 0 Å². The number of nitrogens with zero attached hydrogens (tertiary/aromatic N) is 1. The number of hydrogen-bond donors (Lipinski definition) is 1. The molecule has 0 radical (unpaired) electrons. The predicted octanol–water partition coefficient (Wildman–Crippen LogP) is 3.49. The van der Waals surface area contributed by atoms with Crippen molar-refractivity contribution in [2.75, 3.05) is 13.1 Å². The zero-order valence-electron chi connectivity index (χ0n) is 10.8. The van der Waals surface area contributed by atoms with Crippen molar-refractivity contribution in [1.29, 1.82) is 0 Å². The summed E-state index contributed by atoms with van der Waals surface area (Å²) in [6, 6.07) is 0. The van der Waals surface area contributed by atoms with Crippen molar-refractivity contribution in [3.8, 4) is 0 Å². The molecule has 1 saturated carbocycles. The molecule has 0 aliphatic heterocycles. The lowest BCUT2D eigenvalue weighted by atomic mass is 9.88. The first-order valence-corrected chi connectivity index (χ1v) is 7.87. The van der Waals surface area contributed by atoms with Crippen molar-refractivity contribution in [1.82, 2.24) is 10.3 Å². The lowest BCUT2D eigenvalue weighted by Gasteiger charge is -2.23. The van der Waals surface area contributed by atoms with Crippen LogP contribution in [0.4, 0.5) is 0 Å². The molecule has 1 aromatic rings. The largest absolute Gasteiger partial charge is 0.316 e. The smallest absolute Gasteiger partial charge is 0.0928 e. The van der Waals surface area contributed by atoms with Gasteiger partial charge in [0.15, 0.2) is 0 Å². The van der Waals surface area contributed by atoms with Crippen LogP contribution < -0.4 is 5.32 Å². The van der Waals surface area contributed by atoms with Gasteiger partial charge in [-0.25, -0.2) is 4.98 Å². The van der Waals surface area contributed by atoms with Crippen LogP contribution in [0.25, 0.3) is 0 Å². The summed E-state index contributed by atoms with van der Waals surface area (Å²) < 4.78 is 0. The highest BCUT2D eigenvalue weighted by Crippen LogP contribution is 2.33. The van der Waals surface area contributed by atoms with E-state index in [9.17, 15) is 0 Å². The van der Waals surface area contributed by atoms with E-state index >= 15 is 0 Å². The summed E-state index contributed by atoms with van der Waals surface area (Å²) in [5.74, 6) is 1.73. The summed E-state index contributed by atoms with van der Waals surface area (Å²) in [4.78, 5) is 4.45. The Morgan fingerprint density at radius 1 is 1.47 bits per heavy atom. The summed E-state index contributed by atoms with van der Waals surface area (Å²) in [5.41, 5.74) is 0. The SMILES string of the molecule is CCCNCC(Cc1nccs1)C1CCCC1. The molecule has 1 atom stereocenters. The van der Waals surface area contributed by atoms with Crippen LogP contribution in [0.1, 0.15) is 44.0 Å². The Morgan fingerprint density at radius 2 is 2.29 bits per heavy atom. The standard InChI is InChI=1S/C14H24N2S/c1-2-7-15-11-13(12-5-3-4-6-12)10-14-16-8-9-17-14/h8-9,12-13,15H,2-7,10-11H2,1H3. The quantitative estimate of drug-likeness (QED) is 0.751. The van der Waals surface area contributed by atoms with Crippen molar-refractivity contribution < 1.29 is 0 Å². The first kappa shape index (κ1) is 13.0. The lowest BCUT2D eigenvalue weighted by molar-refractivity contribution is 0.321. The van der Waals surface area contributed by atoms with E-state index in [1.807, 2.05) is 17.5 Å². The van der Waals surface area contributed by atoms with E-state index in [1.54, 1.807) is 0 Å². The minimum absolute atomic E-state index is 0.801. The first-order valence-electron chi connectivity index (χ1n) is 6.99. The van der Waals surface area contributed by atoms with Crippen LogP contribution in [0, 0.1) is 11.8 Å². The zero-order chi connectivity index (χ0) is 11.9. The van der Waals surface area contributed by atoms with E-state index in [-0.39, 0.29) is 0 Å². The second-order valence-electron chi connectivity index (χ2n) is 5.14. The number of thiazole rings is 1. The lowest BCUT2D eigenvalue weighted by Crippen LogP contribution is -2.29. The summed E-state index contributed by atoms with van der Waals surface area (Å²) in [6.45, 7) is 4.57. The van der Waals surface area contributed by atoms with E-state index in [0.717, 1.165) is 18.4 Å². The minimum Gasteiger partial charge on any atom is -0.316 e. The molecule has 2 rings (SSSR count). The molecule has 0 saturated heterocycles. The predicted molar refractivity (Wildman–Crippen MR) is 74.4 cm³/mol. The fraction of sp³-hybridized carbons (Fsp3) is 0.786. The van der Waals surface area contributed by atoms with Gasteiger partial charge >= 0.3 is 0 Å². The molecule has 0 spiro atoms. The topological polar surface area (TPSA) is 24.9 Å². The maximum absolute atomic E-state index is 4.45. The van der Waals surface area contributed by atoms with Gasteiger partial charge in [0.25, 0.3) is 0 Å². The summed E-state index contributed by atoms with van der Waals surface area (Å²) in [5, 5.41) is 7.02. The molecule has 1 unspecified atom stereocenters. The second-order valence-corrected chi connectivity index (χ2v) is 6.12. The van der Waals surface area contributed by atoms with Crippen LogP contribution >= 0.6 is 11.3 Å². The average molecular weight is 252 g/mol. The third kappa shape index (κ3) is 4.07. The highest BCUT2D eigenvalue weighted by atomic mass is 32.1. The molecule has 0 aromatic carbocycles. The van der Waals surface area contributed by atoms with Gasteiger partial charge in [0, 0.05) is 18.0 Å². The maximum Gasteiger partial charge on any atom is 0.0928 e. The Balaban J connectivity index is 1.86. The molecular formula is C14H24N2S. The van der Waals surface area contributed by atoms with E-state index < -0.39 is 0 Å². The molecule has 1 aliphatic rings. The Bertz CT molecular complexity index is 291. The van der Waals surface area contributed by atoms with Crippen molar-refractivity contribution in [2.24, 2.45) is 11.8 Å². The van der Waals surface area contributed by atoms with E-state index in [1.165, 1.54) is 50.1 Å². The minimum atomic E-state index is 0.801. The summed E-state index contributed by atoms with van der Waals surface area (Å²) >= 11 is 1.81. The van der Waals surface area contributed by atoms with Gasteiger partial charge in [-0.1, -0.05) is 32.6 Å². The first-order chi connectivity index (χ1) is 8.40. The highest BCUT2D eigenvalue weighted by Gasteiger charge is 2.25. The molecule has 96 valence electrons. The van der Waals surface area contributed by atoms with Gasteiger partial charge in [0.1, 0.15) is 0 Å². The fourth-order valence-electron chi connectivity index (χ4n) is 2.88. The van der Waals surface area contributed by atoms with Crippen LogP contribution in [0.5, 0.6) is 0 Å². The normalized spacial score (nSPS) is 18.6. The highest BCUT2D eigenvalue weighted by molar-refractivity contribution is 7.09. The van der Waals surface area contributed by atoms with Crippen LogP contribution in [-0.2, 0) is 6.42 Å². The van der Waals surface area contributed by atoms with Crippen LogP contribution in [0.2, 0.25) is 0 Å². The van der Waals surface area contributed by atoms with Gasteiger partial charge in [0.05, 0.1) is 5.01 Å². The van der Waals surface area contributed by atoms with Crippen molar-refractivity contribution in [2.45, 2.75) is 45.4 Å². The van der Waals surface area contributed by atoms with Crippen LogP contribution in [0.3, 0.4) is 0 Å². The van der Waals surface area contributed by atoms with E-state index in [0.29, 0.717) is 0 Å². The molecule has 2 nitrogen and oxygen atoms in total. The van der Waals surface area contributed by atoms with Crippen LogP contribution in [0.15, 0.2) is 11.6 Å². The zero-order valence-corrected chi connectivity index (χ0v) is 11.6. The van der Waals surface area contributed by atoms with Gasteiger partial charge in [-0.3, -0.25) is 0 Å². The number of rotatable bonds is 7. The third-order valence-electron chi connectivity index (χ3n) is 3.82. The van der Waals surface area contributed by atoms with Gasteiger partial charge in [-0.05, 0) is 31.3 Å². The number of aromatic nitrogens is 1. The molecule has 0 amide bonds. The third-order valence-corrected chi connectivity index (χ3v) is 4.62. The summed E-state index contributed by atoms with van der Waals surface area (Å²) in [6.07, 6.45) is 10.1. The molecular weight excluding hydrogens is 228 g/mol. The van der Waals surface area contributed by atoms with Gasteiger partial charge in [-0.2, -0.15) is 0 Å². The molecule has 1 aromatic heterocycles.